The van der Waals surface area contributed by atoms with Crippen molar-refractivity contribution in [1.29, 1.82) is 0 Å². The lowest BCUT2D eigenvalue weighted by atomic mass is 9.92. The van der Waals surface area contributed by atoms with Gasteiger partial charge in [-0.3, -0.25) is 9.89 Å². The van der Waals surface area contributed by atoms with Gasteiger partial charge in [-0.15, -0.1) is 0 Å². The molecule has 0 radical (unpaired) electrons. The van der Waals surface area contributed by atoms with Crippen LogP contribution in [-0.2, 0) is 4.79 Å². The quantitative estimate of drug-likeness (QED) is 0.700. The Bertz CT molecular complexity index is 374. The lowest BCUT2D eigenvalue weighted by molar-refractivity contribution is -0.120. The number of rotatable bonds is 2. The Labute approximate surface area is 95.0 Å². The first-order valence-electron chi connectivity index (χ1n) is 5.71. The molecule has 2 unspecified atom stereocenters. The van der Waals surface area contributed by atoms with Crippen molar-refractivity contribution in [3.63, 3.8) is 0 Å². The number of aryl methyl sites for hydroxylation is 1. The third-order valence-electron chi connectivity index (χ3n) is 2.95. The molecule has 0 saturated carbocycles. The van der Waals surface area contributed by atoms with Gasteiger partial charge in [0.1, 0.15) is 0 Å². The normalized spacial score (nSPS) is 25.4. The average molecular weight is 222 g/mol. The summed E-state index contributed by atoms with van der Waals surface area (Å²) in [6.45, 7) is 4.94. The molecule has 1 saturated heterocycles. The van der Waals surface area contributed by atoms with Crippen molar-refractivity contribution in [3.05, 3.63) is 11.8 Å². The number of carbonyl (C=O) groups excluding carboxylic acids is 1. The number of aromatic nitrogens is 2. The molecule has 1 aliphatic heterocycles. The number of amides is 1. The number of H-pyrrole nitrogens is 1. The molecule has 2 rings (SSSR count). The predicted octanol–water partition coefficient (Wildman–Crippen LogP) is 1.04. The fourth-order valence-electron chi connectivity index (χ4n) is 2.08. The standard InChI is InChI=1S/C11H18N4O/c1-7-5-9(3-4-12-7)11(16)13-10-6-8(2)14-15-10/h6-7,9,12H,3-5H2,1-2H3,(H2,13,14,15,16). The zero-order valence-electron chi connectivity index (χ0n) is 9.71. The van der Waals surface area contributed by atoms with Crippen molar-refractivity contribution in [2.75, 3.05) is 11.9 Å². The van der Waals surface area contributed by atoms with Gasteiger partial charge in [-0.1, -0.05) is 0 Å². The van der Waals surface area contributed by atoms with E-state index in [2.05, 4.69) is 27.8 Å². The summed E-state index contributed by atoms with van der Waals surface area (Å²) in [5, 5.41) is 13.0. The van der Waals surface area contributed by atoms with Crippen LogP contribution in [0.3, 0.4) is 0 Å². The number of hydrogen-bond acceptors (Lipinski definition) is 3. The second kappa shape index (κ2) is 4.65. The van der Waals surface area contributed by atoms with E-state index in [1.807, 2.05) is 13.0 Å². The van der Waals surface area contributed by atoms with E-state index in [0.29, 0.717) is 11.9 Å². The minimum atomic E-state index is 0.0832. The number of carbonyl (C=O) groups is 1. The highest BCUT2D eigenvalue weighted by atomic mass is 16.2. The molecule has 1 aliphatic rings. The molecule has 5 heteroatoms. The molecule has 0 aliphatic carbocycles. The number of nitrogens with zero attached hydrogens (tertiary/aromatic N) is 1. The first-order valence-corrected chi connectivity index (χ1v) is 5.71. The third-order valence-corrected chi connectivity index (χ3v) is 2.95. The molecular weight excluding hydrogens is 204 g/mol. The SMILES string of the molecule is Cc1cc(NC(=O)C2CCNC(C)C2)n[nH]1. The Morgan fingerprint density at radius 1 is 1.62 bits per heavy atom. The summed E-state index contributed by atoms with van der Waals surface area (Å²) in [5.74, 6) is 0.807. The van der Waals surface area contributed by atoms with E-state index in [0.717, 1.165) is 25.1 Å². The highest BCUT2D eigenvalue weighted by Gasteiger charge is 2.24. The van der Waals surface area contributed by atoms with Crippen LogP contribution in [0.25, 0.3) is 0 Å². The van der Waals surface area contributed by atoms with Crippen LogP contribution in [0.5, 0.6) is 0 Å². The summed E-state index contributed by atoms with van der Waals surface area (Å²) in [4.78, 5) is 11.9. The fourth-order valence-corrected chi connectivity index (χ4v) is 2.08. The molecule has 1 aromatic rings. The predicted molar refractivity (Wildman–Crippen MR) is 62.1 cm³/mol. The molecule has 1 amide bonds. The molecule has 0 bridgehead atoms. The van der Waals surface area contributed by atoms with Gasteiger partial charge in [0.2, 0.25) is 5.91 Å². The van der Waals surface area contributed by atoms with Gasteiger partial charge < -0.3 is 10.6 Å². The van der Waals surface area contributed by atoms with E-state index in [-0.39, 0.29) is 11.8 Å². The van der Waals surface area contributed by atoms with Crippen LogP contribution >= 0.6 is 0 Å². The smallest absolute Gasteiger partial charge is 0.228 e. The molecule has 2 heterocycles. The van der Waals surface area contributed by atoms with Gasteiger partial charge in [-0.2, -0.15) is 5.10 Å². The summed E-state index contributed by atoms with van der Waals surface area (Å²) in [5.41, 5.74) is 0.953. The molecule has 1 fully saturated rings. The first kappa shape index (κ1) is 11.1. The number of piperidine rings is 1. The van der Waals surface area contributed by atoms with Gasteiger partial charge >= 0.3 is 0 Å². The third kappa shape index (κ3) is 2.61. The van der Waals surface area contributed by atoms with Crippen LogP contribution in [0.4, 0.5) is 5.82 Å². The Morgan fingerprint density at radius 3 is 3.06 bits per heavy atom. The highest BCUT2D eigenvalue weighted by Crippen LogP contribution is 2.18. The van der Waals surface area contributed by atoms with E-state index < -0.39 is 0 Å². The van der Waals surface area contributed by atoms with Gasteiger partial charge in [0.15, 0.2) is 5.82 Å². The Kier molecular flexibility index (Phi) is 3.24. The van der Waals surface area contributed by atoms with E-state index in [1.54, 1.807) is 0 Å². The maximum absolute atomic E-state index is 11.9. The second-order valence-electron chi connectivity index (χ2n) is 4.50. The Balaban J connectivity index is 1.92. The van der Waals surface area contributed by atoms with Gasteiger partial charge in [0, 0.05) is 23.7 Å². The van der Waals surface area contributed by atoms with Crippen molar-refractivity contribution in [1.82, 2.24) is 15.5 Å². The van der Waals surface area contributed by atoms with Crippen LogP contribution in [0.15, 0.2) is 6.07 Å². The zero-order chi connectivity index (χ0) is 11.5. The van der Waals surface area contributed by atoms with Crippen molar-refractivity contribution in [2.24, 2.45) is 5.92 Å². The van der Waals surface area contributed by atoms with Crippen LogP contribution in [0, 0.1) is 12.8 Å². The van der Waals surface area contributed by atoms with E-state index in [9.17, 15) is 4.79 Å². The largest absolute Gasteiger partial charge is 0.314 e. The lowest BCUT2D eigenvalue weighted by Crippen LogP contribution is -2.40. The fraction of sp³-hybridized carbons (Fsp3) is 0.636. The number of hydrogen-bond donors (Lipinski definition) is 3. The number of aromatic amines is 1. The highest BCUT2D eigenvalue weighted by molar-refractivity contribution is 5.91. The molecule has 0 aromatic carbocycles. The van der Waals surface area contributed by atoms with E-state index >= 15 is 0 Å². The van der Waals surface area contributed by atoms with Crippen LogP contribution in [0.2, 0.25) is 0 Å². The second-order valence-corrected chi connectivity index (χ2v) is 4.50. The molecular formula is C11H18N4O. The Morgan fingerprint density at radius 2 is 2.44 bits per heavy atom. The molecule has 16 heavy (non-hydrogen) atoms. The van der Waals surface area contributed by atoms with Crippen LogP contribution in [0.1, 0.15) is 25.5 Å². The lowest BCUT2D eigenvalue weighted by Gasteiger charge is -2.26. The summed E-state index contributed by atoms with van der Waals surface area (Å²) in [6, 6.07) is 2.26. The van der Waals surface area contributed by atoms with E-state index in [1.165, 1.54) is 0 Å². The summed E-state index contributed by atoms with van der Waals surface area (Å²) >= 11 is 0. The minimum Gasteiger partial charge on any atom is -0.314 e. The van der Waals surface area contributed by atoms with Crippen molar-refractivity contribution in [3.8, 4) is 0 Å². The monoisotopic (exact) mass is 222 g/mol. The van der Waals surface area contributed by atoms with E-state index in [4.69, 9.17) is 0 Å². The Hall–Kier alpha value is -1.36. The average Bonchev–Trinajstić information content (AvgIpc) is 2.64. The molecule has 1 aromatic heterocycles. The van der Waals surface area contributed by atoms with Gasteiger partial charge in [0.05, 0.1) is 0 Å². The minimum absolute atomic E-state index is 0.0832. The number of nitrogens with one attached hydrogen (secondary N) is 3. The van der Waals surface area contributed by atoms with Gasteiger partial charge in [-0.25, -0.2) is 0 Å². The summed E-state index contributed by atoms with van der Waals surface area (Å²) in [7, 11) is 0. The van der Waals surface area contributed by atoms with Crippen molar-refractivity contribution >= 4 is 11.7 Å². The van der Waals surface area contributed by atoms with Crippen molar-refractivity contribution in [2.45, 2.75) is 32.7 Å². The topological polar surface area (TPSA) is 69.8 Å². The molecule has 0 spiro atoms. The molecule has 88 valence electrons. The van der Waals surface area contributed by atoms with Crippen LogP contribution in [-0.4, -0.2) is 28.7 Å². The van der Waals surface area contributed by atoms with Crippen molar-refractivity contribution < 1.29 is 4.79 Å². The summed E-state index contributed by atoms with van der Waals surface area (Å²) < 4.78 is 0. The molecule has 2 atom stereocenters. The van der Waals surface area contributed by atoms with Gasteiger partial charge in [0.25, 0.3) is 0 Å². The zero-order valence-corrected chi connectivity index (χ0v) is 9.71. The number of anilines is 1. The molecule has 3 N–H and O–H groups in total. The first-order chi connectivity index (χ1) is 7.65. The maximum atomic E-state index is 11.9. The summed E-state index contributed by atoms with van der Waals surface area (Å²) in [6.07, 6.45) is 1.80. The van der Waals surface area contributed by atoms with Crippen LogP contribution < -0.4 is 10.6 Å². The maximum Gasteiger partial charge on any atom is 0.228 e. The molecule has 5 nitrogen and oxygen atoms in total. The van der Waals surface area contributed by atoms with Gasteiger partial charge in [-0.05, 0) is 33.2 Å².